The predicted molar refractivity (Wildman–Crippen MR) is 38.8 cm³/mol. The molecule has 0 unspecified atom stereocenters. The molecule has 0 saturated heterocycles. The predicted octanol–water partition coefficient (Wildman–Crippen LogP) is 1.57. The molecule has 1 radical (unpaired) electrons. The average Bonchev–Trinajstić information content (AvgIpc) is 1.83. The summed E-state index contributed by atoms with van der Waals surface area (Å²) in [6, 6.07) is 0. The van der Waals surface area contributed by atoms with Crippen LogP contribution >= 0.6 is 23.2 Å². The second-order valence-corrected chi connectivity index (χ2v) is 4.74. The van der Waals surface area contributed by atoms with E-state index >= 15 is 0 Å². The van der Waals surface area contributed by atoms with E-state index in [0.29, 0.717) is 11.0 Å². The van der Waals surface area contributed by atoms with Crippen LogP contribution in [0, 0.1) is 0 Å². The van der Waals surface area contributed by atoms with Crippen LogP contribution < -0.4 is 0 Å². The molecule has 0 aromatic rings. The minimum absolute atomic E-state index is 0.585. The first kappa shape index (κ1) is 8.76. The van der Waals surface area contributed by atoms with Crippen molar-refractivity contribution in [2.45, 2.75) is 6.92 Å². The van der Waals surface area contributed by atoms with Gasteiger partial charge in [0.25, 0.3) is 0 Å². The first-order chi connectivity index (χ1) is 3.85. The minimum Gasteiger partial charge on any atom is -0.414 e. The van der Waals surface area contributed by atoms with E-state index in [1.807, 2.05) is 6.92 Å². The van der Waals surface area contributed by atoms with Gasteiger partial charge in [0.2, 0.25) is 9.04 Å². The largest absolute Gasteiger partial charge is 0.414 e. The maximum atomic E-state index is 5.48. The monoisotopic (exact) mass is 171 g/mol. The lowest BCUT2D eigenvalue weighted by Crippen LogP contribution is -2.22. The third kappa shape index (κ3) is 3.72. The van der Waals surface area contributed by atoms with Gasteiger partial charge >= 0.3 is 0 Å². The normalized spacial score (nSPS) is 10.5. The van der Waals surface area contributed by atoms with Crippen LogP contribution in [0.15, 0.2) is 0 Å². The molecular formula is C4H9Cl2OSi. The summed E-state index contributed by atoms with van der Waals surface area (Å²) in [6.07, 6.45) is 0. The topological polar surface area (TPSA) is 9.23 Å². The molecule has 0 fully saturated rings. The standard InChI is InChI=1S/C4H9Cl2OSi/c1-2-7-8(3-5)4-6/h2-4H2,1H3. The molecule has 4 heteroatoms. The number of hydrogen-bond acceptors (Lipinski definition) is 1. The summed E-state index contributed by atoms with van der Waals surface area (Å²) < 4.78 is 5.18. The van der Waals surface area contributed by atoms with Crippen LogP contribution in [-0.2, 0) is 4.43 Å². The maximum absolute atomic E-state index is 5.48. The molecule has 0 spiro atoms. The molecule has 1 nitrogen and oxygen atoms in total. The highest BCUT2D eigenvalue weighted by Crippen LogP contribution is 1.92. The van der Waals surface area contributed by atoms with Gasteiger partial charge in [-0.05, 0) is 6.92 Å². The number of halogens is 2. The van der Waals surface area contributed by atoms with Crippen molar-refractivity contribution in [2.24, 2.45) is 0 Å². The molecule has 0 aromatic carbocycles. The van der Waals surface area contributed by atoms with E-state index < -0.39 is 9.04 Å². The van der Waals surface area contributed by atoms with E-state index in [1.165, 1.54) is 0 Å². The summed E-state index contributed by atoms with van der Waals surface area (Å²) in [6.45, 7) is 2.68. The van der Waals surface area contributed by atoms with Crippen LogP contribution in [0.25, 0.3) is 0 Å². The van der Waals surface area contributed by atoms with Crippen LogP contribution in [0.5, 0.6) is 0 Å². The van der Waals surface area contributed by atoms with E-state index in [2.05, 4.69) is 0 Å². The Morgan fingerprint density at radius 2 is 1.88 bits per heavy atom. The lowest BCUT2D eigenvalue weighted by Gasteiger charge is -2.04. The second kappa shape index (κ2) is 5.89. The molecule has 0 aliphatic carbocycles. The quantitative estimate of drug-likeness (QED) is 0.462. The zero-order valence-electron chi connectivity index (χ0n) is 4.79. The van der Waals surface area contributed by atoms with Crippen molar-refractivity contribution < 1.29 is 4.43 Å². The third-order valence-electron chi connectivity index (χ3n) is 0.647. The average molecular weight is 172 g/mol. The Hall–Kier alpha value is 0.757. The van der Waals surface area contributed by atoms with Gasteiger partial charge in [0.15, 0.2) is 0 Å². The summed E-state index contributed by atoms with van der Waals surface area (Å²) in [5, 5.41) is 0. The van der Waals surface area contributed by atoms with Crippen LogP contribution in [0.4, 0.5) is 0 Å². The van der Waals surface area contributed by atoms with Crippen molar-refractivity contribution in [1.82, 2.24) is 0 Å². The Labute approximate surface area is 61.7 Å². The van der Waals surface area contributed by atoms with Crippen molar-refractivity contribution in [3.05, 3.63) is 0 Å². The first-order valence-electron chi connectivity index (χ1n) is 2.44. The zero-order chi connectivity index (χ0) is 6.41. The van der Waals surface area contributed by atoms with Crippen LogP contribution in [0.2, 0.25) is 0 Å². The second-order valence-electron chi connectivity index (χ2n) is 1.24. The summed E-state index contributed by atoms with van der Waals surface area (Å²) in [5.74, 6) is 0. The van der Waals surface area contributed by atoms with E-state index in [9.17, 15) is 0 Å². The third-order valence-corrected chi connectivity index (χ3v) is 3.73. The molecule has 0 heterocycles. The Morgan fingerprint density at radius 1 is 1.38 bits per heavy atom. The molecule has 0 aliphatic heterocycles. The van der Waals surface area contributed by atoms with Gasteiger partial charge in [-0.1, -0.05) is 0 Å². The number of alkyl halides is 2. The SMILES string of the molecule is CCO[Si](CCl)CCl. The highest BCUT2D eigenvalue weighted by atomic mass is 35.5. The van der Waals surface area contributed by atoms with Crippen molar-refractivity contribution >= 4 is 32.2 Å². The Morgan fingerprint density at radius 3 is 2.00 bits per heavy atom. The molecule has 0 atom stereocenters. The Balaban J connectivity index is 3.07. The lowest BCUT2D eigenvalue weighted by atomic mass is 10.9. The van der Waals surface area contributed by atoms with Gasteiger partial charge < -0.3 is 4.43 Å². The van der Waals surface area contributed by atoms with Gasteiger partial charge in [-0.3, -0.25) is 0 Å². The van der Waals surface area contributed by atoms with Gasteiger partial charge in [0.05, 0.1) is 0 Å². The van der Waals surface area contributed by atoms with E-state index in [1.54, 1.807) is 0 Å². The maximum Gasteiger partial charge on any atom is 0.241 e. The zero-order valence-corrected chi connectivity index (χ0v) is 7.30. The van der Waals surface area contributed by atoms with E-state index in [4.69, 9.17) is 27.6 Å². The van der Waals surface area contributed by atoms with Gasteiger partial charge in [0.1, 0.15) is 0 Å². The molecule has 8 heavy (non-hydrogen) atoms. The summed E-state index contributed by atoms with van der Waals surface area (Å²) in [7, 11) is -0.843. The number of hydrogen-bond donors (Lipinski definition) is 0. The highest BCUT2D eigenvalue weighted by molar-refractivity contribution is 6.68. The van der Waals surface area contributed by atoms with Crippen molar-refractivity contribution in [3.8, 4) is 0 Å². The van der Waals surface area contributed by atoms with Crippen molar-refractivity contribution in [2.75, 3.05) is 17.6 Å². The van der Waals surface area contributed by atoms with E-state index in [0.717, 1.165) is 6.61 Å². The van der Waals surface area contributed by atoms with Crippen molar-refractivity contribution in [3.63, 3.8) is 0 Å². The van der Waals surface area contributed by atoms with Crippen LogP contribution in [0.1, 0.15) is 6.92 Å². The van der Waals surface area contributed by atoms with Crippen LogP contribution in [-0.4, -0.2) is 26.7 Å². The Kier molecular flexibility index (Phi) is 6.44. The van der Waals surface area contributed by atoms with E-state index in [-0.39, 0.29) is 0 Å². The highest BCUT2D eigenvalue weighted by Gasteiger charge is 2.07. The Bertz CT molecular complexity index is 49.3. The fraction of sp³-hybridized carbons (Fsp3) is 1.00. The molecule has 49 valence electrons. The smallest absolute Gasteiger partial charge is 0.241 e. The molecule has 0 aliphatic rings. The van der Waals surface area contributed by atoms with Gasteiger partial charge in [-0.15, -0.1) is 23.2 Å². The molecule has 0 amide bonds. The summed E-state index contributed by atoms with van der Waals surface area (Å²) >= 11 is 11.0. The minimum atomic E-state index is -0.843. The van der Waals surface area contributed by atoms with Gasteiger partial charge in [-0.2, -0.15) is 0 Å². The molecule has 0 saturated carbocycles. The summed E-state index contributed by atoms with van der Waals surface area (Å²) in [5.41, 5.74) is 1.17. The number of rotatable bonds is 4. The first-order valence-corrected chi connectivity index (χ1v) is 5.33. The molecular weight excluding hydrogens is 163 g/mol. The lowest BCUT2D eigenvalue weighted by molar-refractivity contribution is 0.349. The fourth-order valence-corrected chi connectivity index (χ4v) is 2.27. The molecule has 0 rings (SSSR count). The summed E-state index contributed by atoms with van der Waals surface area (Å²) in [4.78, 5) is 0. The van der Waals surface area contributed by atoms with Crippen LogP contribution in [0.3, 0.4) is 0 Å². The molecule has 0 aromatic heterocycles. The fourth-order valence-electron chi connectivity index (χ4n) is 0.317. The van der Waals surface area contributed by atoms with Gasteiger partial charge in [0, 0.05) is 17.6 Å². The van der Waals surface area contributed by atoms with Crippen molar-refractivity contribution in [1.29, 1.82) is 0 Å². The van der Waals surface area contributed by atoms with Gasteiger partial charge in [-0.25, -0.2) is 0 Å². The molecule has 0 bridgehead atoms. The molecule has 0 N–H and O–H groups in total.